The van der Waals surface area contributed by atoms with Crippen molar-refractivity contribution in [3.05, 3.63) is 48.6 Å². The summed E-state index contributed by atoms with van der Waals surface area (Å²) in [5.41, 5.74) is 0. The first-order valence-electron chi connectivity index (χ1n) is 15.2. The lowest BCUT2D eigenvalue weighted by Gasteiger charge is -2.34. The minimum absolute atomic E-state index is 0.00966. The van der Waals surface area contributed by atoms with Gasteiger partial charge in [0.15, 0.2) is 6.10 Å². The number of hydrogen-bond donors (Lipinski definition) is 0. The van der Waals surface area contributed by atoms with E-state index in [2.05, 4.69) is 50.3 Å². The second kappa shape index (κ2) is 25.0. The Bertz CT molecular complexity index is 824. The summed E-state index contributed by atoms with van der Waals surface area (Å²) >= 11 is 0. The highest BCUT2D eigenvalue weighted by Crippen LogP contribution is 2.09. The SMILES string of the molecule is CC/C=C\C/C=C\C/C=C\C/C=C\CCC(=O)OC(COCCC(C(=O)[O-])[N+](C)(C)C)COC(=O)CCCCCC. The number of rotatable bonds is 25. The largest absolute Gasteiger partial charge is 0.544 e. The fourth-order valence-electron chi connectivity index (χ4n) is 3.85. The van der Waals surface area contributed by atoms with Crippen LogP contribution in [0, 0.1) is 0 Å². The Balaban J connectivity index is 4.60. The van der Waals surface area contributed by atoms with Crippen molar-refractivity contribution in [2.75, 3.05) is 41.0 Å². The van der Waals surface area contributed by atoms with Crippen LogP contribution in [0.3, 0.4) is 0 Å². The smallest absolute Gasteiger partial charge is 0.306 e. The summed E-state index contributed by atoms with van der Waals surface area (Å²) in [6.07, 6.45) is 24.9. The Hall–Kier alpha value is -2.71. The van der Waals surface area contributed by atoms with E-state index in [0.29, 0.717) is 12.8 Å². The number of nitrogens with zero attached hydrogens (tertiary/aromatic N) is 1. The number of allylic oxidation sites excluding steroid dienone is 8. The highest BCUT2D eigenvalue weighted by Gasteiger charge is 2.25. The molecule has 0 fully saturated rings. The first-order chi connectivity index (χ1) is 19.6. The van der Waals surface area contributed by atoms with E-state index in [1.807, 2.05) is 12.2 Å². The molecule has 0 saturated heterocycles. The molecule has 0 amide bonds. The molecule has 0 aromatic heterocycles. The van der Waals surface area contributed by atoms with Crippen LogP contribution in [0.5, 0.6) is 0 Å². The van der Waals surface area contributed by atoms with Gasteiger partial charge in [-0.2, -0.15) is 0 Å². The standard InChI is InChI=1S/C33H55NO7/c1-6-8-10-12-13-14-15-16-17-18-19-20-22-24-32(36)41-29(28-40-31(35)23-21-11-9-7-2)27-39-26-25-30(33(37)38)34(3,4)5/h8,10,13-14,16-17,19-20,29-30H,6-7,9,11-12,15,18,21-28H2,1-5H3/b10-8-,14-13-,17-16-,20-19-. The van der Waals surface area contributed by atoms with Crippen molar-refractivity contribution >= 4 is 17.9 Å². The summed E-state index contributed by atoms with van der Waals surface area (Å²) in [6.45, 7) is 4.29. The Morgan fingerprint density at radius 2 is 1.37 bits per heavy atom. The highest BCUT2D eigenvalue weighted by molar-refractivity contribution is 5.70. The van der Waals surface area contributed by atoms with E-state index in [1.165, 1.54) is 0 Å². The molecule has 2 atom stereocenters. The van der Waals surface area contributed by atoms with Crippen molar-refractivity contribution in [1.82, 2.24) is 0 Å². The van der Waals surface area contributed by atoms with Gasteiger partial charge in [0.1, 0.15) is 12.6 Å². The lowest BCUT2D eigenvalue weighted by molar-refractivity contribution is -0.889. The molecule has 0 radical (unpaired) electrons. The minimum Gasteiger partial charge on any atom is -0.544 e. The molecule has 0 bridgehead atoms. The molecule has 0 aliphatic carbocycles. The van der Waals surface area contributed by atoms with E-state index in [1.54, 1.807) is 21.1 Å². The summed E-state index contributed by atoms with van der Waals surface area (Å²) in [6, 6.07) is -0.733. The quantitative estimate of drug-likeness (QED) is 0.0634. The number of aliphatic carboxylic acids is 1. The number of quaternary nitrogens is 1. The summed E-state index contributed by atoms with van der Waals surface area (Å²) in [7, 11) is 5.34. The predicted octanol–water partition coefficient (Wildman–Crippen LogP) is 5.23. The maximum Gasteiger partial charge on any atom is 0.306 e. The van der Waals surface area contributed by atoms with Gasteiger partial charge in [0.2, 0.25) is 0 Å². The molecular weight excluding hydrogens is 522 g/mol. The van der Waals surface area contributed by atoms with Crippen LogP contribution in [-0.4, -0.2) is 75.5 Å². The third-order valence-corrected chi connectivity index (χ3v) is 6.24. The van der Waals surface area contributed by atoms with Crippen LogP contribution in [0.1, 0.15) is 90.9 Å². The second-order valence-electron chi connectivity index (χ2n) is 11.0. The van der Waals surface area contributed by atoms with Crippen LogP contribution in [0.4, 0.5) is 0 Å². The van der Waals surface area contributed by atoms with Crippen LogP contribution >= 0.6 is 0 Å². The average molecular weight is 578 g/mol. The Labute approximate surface area is 248 Å². The number of esters is 2. The maximum absolute atomic E-state index is 12.4. The molecule has 0 saturated carbocycles. The van der Waals surface area contributed by atoms with Gasteiger partial charge in [-0.3, -0.25) is 9.59 Å². The zero-order valence-electron chi connectivity index (χ0n) is 26.2. The van der Waals surface area contributed by atoms with E-state index in [0.717, 1.165) is 51.4 Å². The number of hydrogen-bond acceptors (Lipinski definition) is 7. The molecule has 0 aliphatic heterocycles. The number of carboxylic acids is 1. The summed E-state index contributed by atoms with van der Waals surface area (Å²) in [5.74, 6) is -1.88. The number of carboxylic acid groups (broad SMARTS) is 1. The van der Waals surface area contributed by atoms with E-state index >= 15 is 0 Å². The van der Waals surface area contributed by atoms with E-state index in [9.17, 15) is 19.5 Å². The Kier molecular flexibility index (Phi) is 23.4. The lowest BCUT2D eigenvalue weighted by atomic mass is 10.1. The first kappa shape index (κ1) is 38.3. The molecule has 41 heavy (non-hydrogen) atoms. The monoisotopic (exact) mass is 577 g/mol. The molecule has 0 spiro atoms. The summed E-state index contributed by atoms with van der Waals surface area (Å²) in [5, 5.41) is 11.5. The van der Waals surface area contributed by atoms with Crippen LogP contribution in [0.15, 0.2) is 48.6 Å². The number of ether oxygens (including phenoxy) is 3. The maximum atomic E-state index is 12.4. The van der Waals surface area contributed by atoms with Gasteiger partial charge >= 0.3 is 11.9 Å². The van der Waals surface area contributed by atoms with Gasteiger partial charge in [-0.1, -0.05) is 81.7 Å². The predicted molar refractivity (Wildman–Crippen MR) is 162 cm³/mol. The molecular formula is C33H55NO7. The van der Waals surface area contributed by atoms with Gasteiger partial charge in [0, 0.05) is 19.3 Å². The van der Waals surface area contributed by atoms with Gasteiger partial charge in [0.05, 0.1) is 40.3 Å². The number of carbonyl (C=O) groups excluding carboxylic acids is 3. The zero-order chi connectivity index (χ0) is 30.8. The Morgan fingerprint density at radius 3 is 1.93 bits per heavy atom. The van der Waals surface area contributed by atoms with Crippen LogP contribution in [0.2, 0.25) is 0 Å². The normalized spacial score (nSPS) is 13.9. The fourth-order valence-corrected chi connectivity index (χ4v) is 3.85. The van der Waals surface area contributed by atoms with E-state index in [-0.39, 0.29) is 43.1 Å². The molecule has 0 aliphatic rings. The van der Waals surface area contributed by atoms with Crippen molar-refractivity contribution in [3.8, 4) is 0 Å². The first-order valence-corrected chi connectivity index (χ1v) is 15.2. The van der Waals surface area contributed by atoms with Gasteiger partial charge in [-0.05, 0) is 38.5 Å². The lowest BCUT2D eigenvalue weighted by Crippen LogP contribution is -2.55. The summed E-state index contributed by atoms with van der Waals surface area (Å²) in [4.78, 5) is 36.0. The van der Waals surface area contributed by atoms with Gasteiger partial charge in [-0.25, -0.2) is 0 Å². The van der Waals surface area contributed by atoms with Gasteiger partial charge in [0.25, 0.3) is 0 Å². The molecule has 0 aromatic rings. The second-order valence-corrected chi connectivity index (χ2v) is 11.0. The molecule has 8 heteroatoms. The zero-order valence-corrected chi connectivity index (χ0v) is 26.2. The summed E-state index contributed by atoms with van der Waals surface area (Å²) < 4.78 is 16.7. The molecule has 8 nitrogen and oxygen atoms in total. The molecule has 0 N–H and O–H groups in total. The van der Waals surface area contributed by atoms with Crippen LogP contribution in [-0.2, 0) is 28.6 Å². The number of carbonyl (C=O) groups is 3. The number of unbranched alkanes of at least 4 members (excludes halogenated alkanes) is 3. The van der Waals surface area contributed by atoms with E-state index in [4.69, 9.17) is 14.2 Å². The Morgan fingerprint density at radius 1 is 0.756 bits per heavy atom. The third-order valence-electron chi connectivity index (χ3n) is 6.24. The van der Waals surface area contributed by atoms with Gasteiger partial charge in [-0.15, -0.1) is 0 Å². The molecule has 0 heterocycles. The average Bonchev–Trinajstić information content (AvgIpc) is 2.91. The fraction of sp³-hybridized carbons (Fsp3) is 0.667. The third kappa shape index (κ3) is 23.7. The number of likely N-dealkylation sites (N-methyl/N-ethyl adjacent to an activating group) is 1. The van der Waals surface area contributed by atoms with Crippen molar-refractivity contribution < 1.29 is 38.2 Å². The van der Waals surface area contributed by atoms with Crippen LogP contribution in [0.25, 0.3) is 0 Å². The van der Waals surface area contributed by atoms with Crippen LogP contribution < -0.4 is 5.11 Å². The molecule has 0 rings (SSSR count). The van der Waals surface area contributed by atoms with Crippen molar-refractivity contribution in [2.24, 2.45) is 0 Å². The topological polar surface area (TPSA) is 102 Å². The van der Waals surface area contributed by atoms with Crippen molar-refractivity contribution in [3.63, 3.8) is 0 Å². The van der Waals surface area contributed by atoms with Gasteiger partial charge < -0.3 is 28.6 Å². The highest BCUT2D eigenvalue weighted by atomic mass is 16.6. The van der Waals surface area contributed by atoms with Crippen molar-refractivity contribution in [2.45, 2.75) is 103 Å². The van der Waals surface area contributed by atoms with E-state index < -0.39 is 24.1 Å². The molecule has 0 aromatic carbocycles. The molecule has 234 valence electrons. The van der Waals surface area contributed by atoms with Crippen molar-refractivity contribution in [1.29, 1.82) is 0 Å². The molecule has 2 unspecified atom stereocenters. The minimum atomic E-state index is -1.14.